The first-order valence-corrected chi connectivity index (χ1v) is 11.4. The molecule has 0 spiro atoms. The van der Waals surface area contributed by atoms with E-state index >= 15 is 0 Å². The Morgan fingerprint density at radius 1 is 1.00 bits per heavy atom. The Hall–Kier alpha value is -3.48. The molecule has 0 fully saturated rings. The van der Waals surface area contributed by atoms with Gasteiger partial charge in [0.25, 0.3) is 0 Å². The van der Waals surface area contributed by atoms with E-state index in [0.29, 0.717) is 31.6 Å². The van der Waals surface area contributed by atoms with Crippen LogP contribution in [0.15, 0.2) is 54.7 Å². The minimum Gasteiger partial charge on any atom is -0.356 e. The van der Waals surface area contributed by atoms with Gasteiger partial charge in [-0.05, 0) is 43.2 Å². The Labute approximate surface area is 195 Å². The highest BCUT2D eigenvalue weighted by Crippen LogP contribution is 2.26. The molecule has 0 bridgehead atoms. The van der Waals surface area contributed by atoms with E-state index in [-0.39, 0.29) is 23.7 Å². The molecule has 2 N–H and O–H groups in total. The number of rotatable bonds is 9. The van der Waals surface area contributed by atoms with Crippen LogP contribution in [0.4, 0.5) is 5.82 Å². The maximum Gasteiger partial charge on any atom is 0.225 e. The molecule has 0 saturated heterocycles. The van der Waals surface area contributed by atoms with E-state index in [4.69, 9.17) is 5.10 Å². The van der Waals surface area contributed by atoms with Gasteiger partial charge in [0.05, 0.1) is 11.4 Å². The fourth-order valence-corrected chi connectivity index (χ4v) is 3.37. The van der Waals surface area contributed by atoms with Crippen molar-refractivity contribution in [3.63, 3.8) is 0 Å². The molecule has 0 unspecified atom stereocenters. The fraction of sp³-hybridized carbons (Fsp3) is 0.385. The highest BCUT2D eigenvalue weighted by Gasteiger charge is 2.21. The number of aromatic nitrogens is 3. The van der Waals surface area contributed by atoms with Crippen LogP contribution in [0.1, 0.15) is 57.0 Å². The highest BCUT2D eigenvalue weighted by molar-refractivity contribution is 5.90. The summed E-state index contributed by atoms with van der Waals surface area (Å²) in [6.07, 6.45) is 3.47. The fourth-order valence-electron chi connectivity index (χ4n) is 3.37. The van der Waals surface area contributed by atoms with E-state index in [1.54, 1.807) is 10.9 Å². The topological polar surface area (TPSA) is 88.9 Å². The molecule has 3 aromatic rings. The summed E-state index contributed by atoms with van der Waals surface area (Å²) in [5, 5.41) is 10.6. The van der Waals surface area contributed by atoms with Crippen LogP contribution in [0.5, 0.6) is 0 Å². The number of anilines is 1. The lowest BCUT2D eigenvalue weighted by Gasteiger charge is -2.14. The normalized spacial score (nSPS) is 11.3. The molecule has 33 heavy (non-hydrogen) atoms. The molecule has 1 aromatic carbocycles. The molecule has 0 atom stereocenters. The van der Waals surface area contributed by atoms with Gasteiger partial charge in [-0.25, -0.2) is 4.68 Å². The molecule has 0 aliphatic carbocycles. The van der Waals surface area contributed by atoms with Crippen molar-refractivity contribution in [2.75, 3.05) is 11.9 Å². The number of aryl methyl sites for hydroxylation is 1. The maximum atomic E-state index is 12.6. The van der Waals surface area contributed by atoms with Gasteiger partial charge in [-0.1, -0.05) is 39.0 Å². The largest absolute Gasteiger partial charge is 0.356 e. The molecule has 7 heteroatoms. The van der Waals surface area contributed by atoms with Crippen LogP contribution in [-0.2, 0) is 21.4 Å². The predicted molar refractivity (Wildman–Crippen MR) is 130 cm³/mol. The molecule has 2 aromatic heterocycles. The number of carbonyl (C=O) groups excluding carboxylic acids is 2. The summed E-state index contributed by atoms with van der Waals surface area (Å²) in [6.45, 7) is 8.83. The summed E-state index contributed by atoms with van der Waals surface area (Å²) in [7, 11) is 0. The smallest absolute Gasteiger partial charge is 0.225 e. The number of nitrogens with zero attached hydrogens (tertiary/aromatic N) is 3. The second kappa shape index (κ2) is 10.9. The second-order valence-electron chi connectivity index (χ2n) is 9.24. The summed E-state index contributed by atoms with van der Waals surface area (Å²) < 4.78 is 1.77. The van der Waals surface area contributed by atoms with Crippen LogP contribution in [0, 0.1) is 6.92 Å². The molecular formula is C26H33N5O2. The minimum atomic E-state index is -0.151. The van der Waals surface area contributed by atoms with Crippen molar-refractivity contribution in [3.05, 3.63) is 71.7 Å². The Morgan fingerprint density at radius 3 is 2.48 bits per heavy atom. The quantitative estimate of drug-likeness (QED) is 0.511. The van der Waals surface area contributed by atoms with Crippen LogP contribution >= 0.6 is 0 Å². The first-order chi connectivity index (χ1) is 15.7. The number of hydrogen-bond acceptors (Lipinski definition) is 4. The van der Waals surface area contributed by atoms with E-state index in [1.807, 2.05) is 55.5 Å². The number of pyridine rings is 1. The van der Waals surface area contributed by atoms with Crippen LogP contribution in [-0.4, -0.2) is 33.1 Å². The van der Waals surface area contributed by atoms with Crippen LogP contribution in [0.3, 0.4) is 0 Å². The van der Waals surface area contributed by atoms with E-state index in [9.17, 15) is 9.59 Å². The van der Waals surface area contributed by atoms with Gasteiger partial charge in [0, 0.05) is 49.2 Å². The Kier molecular flexibility index (Phi) is 7.98. The van der Waals surface area contributed by atoms with Gasteiger partial charge in [0.15, 0.2) is 0 Å². The van der Waals surface area contributed by atoms with Gasteiger partial charge in [-0.2, -0.15) is 5.10 Å². The summed E-state index contributed by atoms with van der Waals surface area (Å²) >= 11 is 0. The number of hydrogen-bond donors (Lipinski definition) is 2. The van der Waals surface area contributed by atoms with Crippen LogP contribution in [0.25, 0.3) is 5.69 Å². The third-order valence-corrected chi connectivity index (χ3v) is 5.23. The summed E-state index contributed by atoms with van der Waals surface area (Å²) in [4.78, 5) is 28.9. The molecule has 2 amide bonds. The number of nitrogens with one attached hydrogen (secondary N) is 2. The number of amides is 2. The lowest BCUT2D eigenvalue weighted by atomic mass is 9.92. The van der Waals surface area contributed by atoms with Gasteiger partial charge in [-0.3, -0.25) is 14.6 Å². The third kappa shape index (κ3) is 7.27. The van der Waals surface area contributed by atoms with E-state index in [2.05, 4.69) is 36.4 Å². The summed E-state index contributed by atoms with van der Waals surface area (Å²) in [6, 6.07) is 15.6. The van der Waals surface area contributed by atoms with Crippen molar-refractivity contribution in [2.24, 2.45) is 0 Å². The van der Waals surface area contributed by atoms with E-state index < -0.39 is 0 Å². The lowest BCUT2D eigenvalue weighted by Crippen LogP contribution is -2.26. The Morgan fingerprint density at radius 2 is 1.79 bits per heavy atom. The maximum absolute atomic E-state index is 12.6. The molecule has 0 aliphatic heterocycles. The van der Waals surface area contributed by atoms with Crippen molar-refractivity contribution < 1.29 is 9.59 Å². The predicted octanol–water partition coefficient (Wildman–Crippen LogP) is 4.34. The average Bonchev–Trinajstić information content (AvgIpc) is 3.19. The van der Waals surface area contributed by atoms with Crippen LogP contribution < -0.4 is 10.6 Å². The van der Waals surface area contributed by atoms with E-state index in [0.717, 1.165) is 22.6 Å². The summed E-state index contributed by atoms with van der Waals surface area (Å²) in [5.74, 6) is 0.444. The van der Waals surface area contributed by atoms with Gasteiger partial charge in [0.2, 0.25) is 11.8 Å². The van der Waals surface area contributed by atoms with Gasteiger partial charge in [0.1, 0.15) is 5.82 Å². The first-order valence-electron chi connectivity index (χ1n) is 11.4. The number of carbonyl (C=O) groups is 2. The Bertz CT molecular complexity index is 1080. The zero-order valence-corrected chi connectivity index (χ0v) is 19.9. The minimum absolute atomic E-state index is 0.0569. The zero-order chi connectivity index (χ0) is 23.8. The van der Waals surface area contributed by atoms with Crippen molar-refractivity contribution in [2.45, 2.75) is 58.8 Å². The van der Waals surface area contributed by atoms with Crippen LogP contribution in [0.2, 0.25) is 0 Å². The molecule has 0 saturated carbocycles. The van der Waals surface area contributed by atoms with Gasteiger partial charge in [-0.15, -0.1) is 0 Å². The standard InChI is InChI=1S/C26H33N5O2/c1-19-9-7-11-21(17-19)31-23(18-22(30-31)26(2,3)4)29-25(33)13-8-12-24(32)28-16-14-20-10-5-6-15-27-20/h5-7,9-11,15,17-18H,8,12-14,16H2,1-4H3,(H,28,32)(H,29,33). The highest BCUT2D eigenvalue weighted by atomic mass is 16.2. The zero-order valence-electron chi connectivity index (χ0n) is 19.9. The third-order valence-electron chi connectivity index (χ3n) is 5.23. The van der Waals surface area contributed by atoms with E-state index in [1.165, 1.54) is 0 Å². The average molecular weight is 448 g/mol. The van der Waals surface area contributed by atoms with Crippen molar-refractivity contribution in [1.29, 1.82) is 0 Å². The van der Waals surface area contributed by atoms with Gasteiger partial charge < -0.3 is 10.6 Å². The number of benzene rings is 1. The van der Waals surface area contributed by atoms with Crippen molar-refractivity contribution in [1.82, 2.24) is 20.1 Å². The molecule has 0 radical (unpaired) electrons. The monoisotopic (exact) mass is 447 g/mol. The Balaban J connectivity index is 1.53. The molecule has 3 rings (SSSR count). The molecular weight excluding hydrogens is 414 g/mol. The SMILES string of the molecule is Cc1cccc(-n2nc(C(C)(C)C)cc2NC(=O)CCCC(=O)NCCc2ccccn2)c1. The summed E-state index contributed by atoms with van der Waals surface area (Å²) in [5.41, 5.74) is 3.70. The lowest BCUT2D eigenvalue weighted by molar-refractivity contribution is -0.121. The first kappa shape index (κ1) is 24.2. The second-order valence-corrected chi connectivity index (χ2v) is 9.24. The van der Waals surface area contributed by atoms with Crippen molar-refractivity contribution in [3.8, 4) is 5.69 Å². The molecule has 2 heterocycles. The van der Waals surface area contributed by atoms with Gasteiger partial charge >= 0.3 is 0 Å². The van der Waals surface area contributed by atoms with Crippen molar-refractivity contribution >= 4 is 17.6 Å². The molecule has 7 nitrogen and oxygen atoms in total. The molecule has 0 aliphatic rings. The molecule has 174 valence electrons.